The van der Waals surface area contributed by atoms with Gasteiger partial charge < -0.3 is 10.1 Å². The van der Waals surface area contributed by atoms with E-state index in [2.05, 4.69) is 42.4 Å². The number of nitrogens with zero attached hydrogens (tertiary/aromatic N) is 1. The van der Waals surface area contributed by atoms with E-state index >= 15 is 0 Å². The number of ether oxygens (including phenoxy) is 1. The summed E-state index contributed by atoms with van der Waals surface area (Å²) < 4.78 is 5.33. The Labute approximate surface area is 110 Å². The summed E-state index contributed by atoms with van der Waals surface area (Å²) in [5, 5.41) is 3.48. The van der Waals surface area contributed by atoms with Gasteiger partial charge in [0.2, 0.25) is 0 Å². The molecule has 0 radical (unpaired) electrons. The van der Waals surface area contributed by atoms with E-state index in [1.54, 1.807) is 7.11 Å². The summed E-state index contributed by atoms with van der Waals surface area (Å²) in [4.78, 5) is 2.46. The fourth-order valence-electron chi connectivity index (χ4n) is 2.92. The van der Waals surface area contributed by atoms with Gasteiger partial charge in [0.15, 0.2) is 0 Å². The maximum atomic E-state index is 5.33. The van der Waals surface area contributed by atoms with Crippen LogP contribution in [-0.2, 0) is 0 Å². The second-order valence-corrected chi connectivity index (χ2v) is 5.06. The molecule has 1 saturated heterocycles. The van der Waals surface area contributed by atoms with Gasteiger partial charge in [-0.05, 0) is 56.7 Å². The molecule has 18 heavy (non-hydrogen) atoms. The molecule has 100 valence electrons. The van der Waals surface area contributed by atoms with Crippen LogP contribution in [0.2, 0.25) is 0 Å². The molecular formula is C15H24N2O. The van der Waals surface area contributed by atoms with Crippen molar-refractivity contribution in [1.82, 2.24) is 10.2 Å². The minimum Gasteiger partial charge on any atom is -0.497 e. The Bertz CT molecular complexity index is 381. The summed E-state index contributed by atoms with van der Waals surface area (Å²) in [5.41, 5.74) is 1.37. The van der Waals surface area contributed by atoms with Crippen molar-refractivity contribution in [3.05, 3.63) is 29.8 Å². The van der Waals surface area contributed by atoms with Gasteiger partial charge in [0.05, 0.1) is 7.11 Å². The van der Waals surface area contributed by atoms with Crippen LogP contribution in [-0.4, -0.2) is 38.7 Å². The lowest BCUT2D eigenvalue weighted by Gasteiger charge is -2.26. The van der Waals surface area contributed by atoms with Crippen LogP contribution < -0.4 is 10.1 Å². The van der Waals surface area contributed by atoms with Crippen molar-refractivity contribution >= 4 is 0 Å². The lowest BCUT2D eigenvalue weighted by atomic mass is 9.93. The molecule has 0 spiro atoms. The highest BCUT2D eigenvalue weighted by Gasteiger charge is 2.32. The largest absolute Gasteiger partial charge is 0.497 e. The first kappa shape index (κ1) is 13.4. The number of rotatable bonds is 5. The molecule has 3 heteroatoms. The van der Waals surface area contributed by atoms with Gasteiger partial charge >= 0.3 is 0 Å². The molecule has 0 aromatic heterocycles. The molecule has 1 aliphatic heterocycles. The van der Waals surface area contributed by atoms with Crippen LogP contribution in [0.25, 0.3) is 0 Å². The molecule has 1 fully saturated rings. The van der Waals surface area contributed by atoms with Crippen molar-refractivity contribution in [3.63, 3.8) is 0 Å². The number of nitrogens with one attached hydrogen (secondary N) is 1. The molecule has 0 saturated carbocycles. The monoisotopic (exact) mass is 248 g/mol. The third-order valence-corrected chi connectivity index (χ3v) is 3.87. The molecule has 1 aromatic rings. The zero-order chi connectivity index (χ0) is 13.0. The summed E-state index contributed by atoms with van der Waals surface area (Å²) in [6.07, 6.45) is 1.27. The number of methoxy groups -OCH3 is 1. The maximum absolute atomic E-state index is 5.33. The molecule has 1 N–H and O–H groups in total. The lowest BCUT2D eigenvalue weighted by Crippen LogP contribution is -2.28. The van der Waals surface area contributed by atoms with Gasteiger partial charge in [0.1, 0.15) is 5.75 Å². The van der Waals surface area contributed by atoms with Gasteiger partial charge in [0, 0.05) is 6.04 Å². The normalized spacial score (nSPS) is 24.4. The molecule has 0 aliphatic carbocycles. The summed E-state index contributed by atoms with van der Waals surface area (Å²) in [6, 6.07) is 9.00. The molecular weight excluding hydrogens is 224 g/mol. The fraction of sp³-hybridized carbons (Fsp3) is 0.600. The highest BCUT2D eigenvalue weighted by atomic mass is 16.5. The van der Waals surface area contributed by atoms with Crippen LogP contribution in [0.3, 0.4) is 0 Å². The van der Waals surface area contributed by atoms with Crippen LogP contribution in [0.1, 0.15) is 24.9 Å². The van der Waals surface area contributed by atoms with Gasteiger partial charge in [-0.1, -0.05) is 19.1 Å². The Morgan fingerprint density at radius 3 is 3.00 bits per heavy atom. The second kappa shape index (κ2) is 6.21. The third-order valence-electron chi connectivity index (χ3n) is 3.87. The van der Waals surface area contributed by atoms with Gasteiger partial charge in [-0.2, -0.15) is 0 Å². The standard InChI is InChI=1S/C15H24N2O/c1-4-16-11-13-8-9-17(2)15(13)12-6-5-7-14(10-12)18-3/h5-7,10,13,15-16H,4,8-9,11H2,1-3H3. The zero-order valence-electron chi connectivity index (χ0n) is 11.6. The Morgan fingerprint density at radius 2 is 2.28 bits per heavy atom. The smallest absolute Gasteiger partial charge is 0.119 e. The van der Waals surface area contributed by atoms with Gasteiger partial charge in [-0.15, -0.1) is 0 Å². The number of hydrogen-bond acceptors (Lipinski definition) is 3. The van der Waals surface area contributed by atoms with Crippen molar-refractivity contribution < 1.29 is 4.74 Å². The Hall–Kier alpha value is -1.06. The van der Waals surface area contributed by atoms with Crippen LogP contribution in [0.5, 0.6) is 5.75 Å². The Kier molecular flexibility index (Phi) is 4.61. The van der Waals surface area contributed by atoms with Gasteiger partial charge in [-0.25, -0.2) is 0 Å². The quantitative estimate of drug-likeness (QED) is 0.865. The molecule has 2 rings (SSSR count). The first-order chi connectivity index (χ1) is 8.76. The molecule has 1 aliphatic rings. The lowest BCUT2D eigenvalue weighted by molar-refractivity contribution is 0.272. The van der Waals surface area contributed by atoms with E-state index < -0.39 is 0 Å². The van der Waals surface area contributed by atoms with Crippen LogP contribution in [0.15, 0.2) is 24.3 Å². The molecule has 2 atom stereocenters. The highest BCUT2D eigenvalue weighted by Crippen LogP contribution is 2.36. The average molecular weight is 248 g/mol. The van der Waals surface area contributed by atoms with Crippen LogP contribution in [0.4, 0.5) is 0 Å². The Morgan fingerprint density at radius 1 is 1.44 bits per heavy atom. The van der Waals surface area contributed by atoms with E-state index in [1.165, 1.54) is 18.5 Å². The fourth-order valence-corrected chi connectivity index (χ4v) is 2.92. The third kappa shape index (κ3) is 2.85. The summed E-state index contributed by atoms with van der Waals surface area (Å²) in [7, 11) is 3.95. The minimum atomic E-state index is 0.513. The van der Waals surface area contributed by atoms with E-state index in [0.29, 0.717) is 12.0 Å². The molecule has 2 unspecified atom stereocenters. The molecule has 1 aromatic carbocycles. The maximum Gasteiger partial charge on any atom is 0.119 e. The number of benzene rings is 1. The number of likely N-dealkylation sites (tertiary alicyclic amines) is 1. The molecule has 0 bridgehead atoms. The van der Waals surface area contributed by atoms with E-state index in [0.717, 1.165) is 18.8 Å². The summed E-state index contributed by atoms with van der Waals surface area (Å²) in [5.74, 6) is 1.65. The second-order valence-electron chi connectivity index (χ2n) is 5.06. The minimum absolute atomic E-state index is 0.513. The number of hydrogen-bond donors (Lipinski definition) is 1. The SMILES string of the molecule is CCNCC1CCN(C)C1c1cccc(OC)c1. The summed E-state index contributed by atoms with van der Waals surface area (Å²) in [6.45, 7) is 5.49. The van der Waals surface area contributed by atoms with Crippen molar-refractivity contribution in [2.45, 2.75) is 19.4 Å². The summed E-state index contributed by atoms with van der Waals surface area (Å²) >= 11 is 0. The van der Waals surface area contributed by atoms with E-state index in [9.17, 15) is 0 Å². The van der Waals surface area contributed by atoms with Crippen molar-refractivity contribution in [2.75, 3.05) is 33.8 Å². The van der Waals surface area contributed by atoms with Crippen molar-refractivity contribution in [3.8, 4) is 5.75 Å². The zero-order valence-corrected chi connectivity index (χ0v) is 11.6. The van der Waals surface area contributed by atoms with Gasteiger partial charge in [0.25, 0.3) is 0 Å². The highest BCUT2D eigenvalue weighted by molar-refractivity contribution is 5.31. The van der Waals surface area contributed by atoms with Crippen LogP contribution >= 0.6 is 0 Å². The predicted octanol–water partition coefficient (Wildman–Crippen LogP) is 2.30. The van der Waals surface area contributed by atoms with E-state index in [-0.39, 0.29) is 0 Å². The van der Waals surface area contributed by atoms with Crippen molar-refractivity contribution in [2.24, 2.45) is 5.92 Å². The van der Waals surface area contributed by atoms with E-state index in [4.69, 9.17) is 4.74 Å². The topological polar surface area (TPSA) is 24.5 Å². The average Bonchev–Trinajstić information content (AvgIpc) is 2.77. The predicted molar refractivity (Wildman–Crippen MR) is 75.0 cm³/mol. The Balaban J connectivity index is 2.16. The molecule has 0 amide bonds. The van der Waals surface area contributed by atoms with Crippen molar-refractivity contribution in [1.29, 1.82) is 0 Å². The first-order valence-electron chi connectivity index (χ1n) is 6.81. The van der Waals surface area contributed by atoms with E-state index in [1.807, 2.05) is 6.07 Å². The van der Waals surface area contributed by atoms with Gasteiger partial charge in [-0.3, -0.25) is 4.90 Å². The molecule has 1 heterocycles. The molecule has 3 nitrogen and oxygen atoms in total. The first-order valence-corrected chi connectivity index (χ1v) is 6.81. The van der Waals surface area contributed by atoms with Crippen LogP contribution in [0, 0.1) is 5.92 Å².